The maximum atomic E-state index is 5.17. The summed E-state index contributed by atoms with van der Waals surface area (Å²) in [6, 6.07) is 6.43. The second kappa shape index (κ2) is 19.8. The lowest BCUT2D eigenvalue weighted by Crippen LogP contribution is -2.31. The van der Waals surface area contributed by atoms with Gasteiger partial charge in [-0.2, -0.15) is 5.10 Å². The first kappa shape index (κ1) is 36.1. The summed E-state index contributed by atoms with van der Waals surface area (Å²) >= 11 is 0. The second-order valence-corrected chi connectivity index (χ2v) is 14.4. The molecule has 0 aromatic carbocycles. The molecule has 0 radical (unpaired) electrons. The highest BCUT2D eigenvalue weighted by atomic mass is 15.3. The Balaban J connectivity index is 1.39. The largest absolute Gasteiger partial charge is 0.303 e. The summed E-state index contributed by atoms with van der Waals surface area (Å²) in [7, 11) is 0. The van der Waals surface area contributed by atoms with E-state index in [0.717, 1.165) is 62.4 Å². The summed E-state index contributed by atoms with van der Waals surface area (Å²) < 4.78 is 2.05. The van der Waals surface area contributed by atoms with Crippen LogP contribution in [0.5, 0.6) is 0 Å². The number of aromatic nitrogens is 3. The molecule has 2 aliphatic rings. The van der Waals surface area contributed by atoms with Crippen LogP contribution in [0, 0.1) is 12.8 Å². The zero-order valence-electron chi connectivity index (χ0n) is 30.0. The van der Waals surface area contributed by atoms with Gasteiger partial charge in [0.15, 0.2) is 5.82 Å². The van der Waals surface area contributed by atoms with Crippen molar-refractivity contribution in [3.05, 3.63) is 82.9 Å². The van der Waals surface area contributed by atoms with Gasteiger partial charge < -0.3 is 4.90 Å². The van der Waals surface area contributed by atoms with Gasteiger partial charge in [-0.05, 0) is 152 Å². The number of nitrogens with zero attached hydrogens (tertiary/aromatic N) is 4. The average Bonchev–Trinajstić information content (AvgIpc) is 3.22. The number of pyridine rings is 1. The summed E-state index contributed by atoms with van der Waals surface area (Å²) in [4.78, 5) is 7.99. The molecule has 0 bridgehead atoms. The Morgan fingerprint density at radius 3 is 2.57 bits per heavy atom. The highest BCUT2D eigenvalue weighted by molar-refractivity contribution is 5.63. The molecule has 0 spiro atoms. The fourth-order valence-corrected chi connectivity index (χ4v) is 7.40. The molecule has 4 rings (SSSR count). The quantitative estimate of drug-likeness (QED) is 0.164. The second-order valence-electron chi connectivity index (χ2n) is 14.4. The average molecular weight is 625 g/mol. The molecule has 2 aromatic heterocycles. The van der Waals surface area contributed by atoms with Gasteiger partial charge in [0.1, 0.15) is 0 Å². The van der Waals surface area contributed by atoms with Gasteiger partial charge in [0.25, 0.3) is 0 Å². The molecule has 2 aromatic rings. The van der Waals surface area contributed by atoms with Gasteiger partial charge in [-0.25, -0.2) is 9.67 Å². The molecule has 1 fully saturated rings. The zero-order valence-corrected chi connectivity index (χ0v) is 30.0. The van der Waals surface area contributed by atoms with Crippen LogP contribution in [0.4, 0.5) is 0 Å². The van der Waals surface area contributed by atoms with E-state index in [1.807, 2.05) is 10.9 Å². The van der Waals surface area contributed by atoms with Gasteiger partial charge in [-0.3, -0.25) is 0 Å². The van der Waals surface area contributed by atoms with Crippen molar-refractivity contribution in [2.24, 2.45) is 5.92 Å². The molecule has 0 amide bonds. The molecule has 0 saturated heterocycles. The van der Waals surface area contributed by atoms with Crippen molar-refractivity contribution in [1.29, 1.82) is 0 Å². The SMILES string of the molecule is C=C(C)CC/C=C(\CCCC1=C(C)CCCCN(CC2CCCCCC2)CCCC=C1)c1cccc(-n2ncc(C)c2CCC)n1. The van der Waals surface area contributed by atoms with Crippen molar-refractivity contribution in [3.63, 3.8) is 0 Å². The maximum absolute atomic E-state index is 5.17. The lowest BCUT2D eigenvalue weighted by Gasteiger charge is -2.27. The van der Waals surface area contributed by atoms with Crippen molar-refractivity contribution in [3.8, 4) is 5.82 Å². The topological polar surface area (TPSA) is 34.0 Å². The standard InChI is InChI=1S/C42H64N4/c1-6-19-41-36(5)32-43-46(41)42-29-18-28-40(44-42)39(26-16-20-34(2)3)27-17-25-38-24-12-9-14-30-45(31-15-13-21-35(38)4)33-37-22-10-7-8-11-23-37/h12,18,24,26,28-29,32,37H,2,6-11,13-17,19-23,25,27,30-31,33H2,1,3-5H3/b24-12?,38-35?,39-26+. The first-order valence-corrected chi connectivity index (χ1v) is 18.9. The van der Waals surface area contributed by atoms with E-state index in [9.17, 15) is 0 Å². The van der Waals surface area contributed by atoms with Crippen molar-refractivity contribution < 1.29 is 0 Å². The van der Waals surface area contributed by atoms with E-state index in [1.54, 1.807) is 11.1 Å². The van der Waals surface area contributed by atoms with Gasteiger partial charge in [0.2, 0.25) is 0 Å². The number of hydrogen-bond acceptors (Lipinski definition) is 3. The molecule has 0 atom stereocenters. The Morgan fingerprint density at radius 1 is 0.978 bits per heavy atom. The summed E-state index contributed by atoms with van der Waals surface area (Å²) in [5, 5.41) is 4.71. The lowest BCUT2D eigenvalue weighted by atomic mass is 9.95. The molecule has 4 heteroatoms. The van der Waals surface area contributed by atoms with E-state index < -0.39 is 0 Å². The van der Waals surface area contributed by atoms with Gasteiger partial charge in [0, 0.05) is 12.2 Å². The Bertz CT molecular complexity index is 1300. The van der Waals surface area contributed by atoms with Gasteiger partial charge in [-0.1, -0.05) is 74.5 Å². The van der Waals surface area contributed by atoms with Crippen LogP contribution in [-0.2, 0) is 6.42 Å². The van der Waals surface area contributed by atoms with Crippen LogP contribution in [0.3, 0.4) is 0 Å². The highest BCUT2D eigenvalue weighted by Crippen LogP contribution is 2.28. The van der Waals surface area contributed by atoms with Crippen LogP contribution in [0.15, 0.2) is 65.9 Å². The molecular weight excluding hydrogens is 560 g/mol. The summed E-state index contributed by atoms with van der Waals surface area (Å²) in [5.41, 5.74) is 9.35. The minimum atomic E-state index is 0.924. The normalized spacial score (nSPS) is 18.3. The maximum Gasteiger partial charge on any atom is 0.154 e. The Labute approximate surface area is 282 Å². The summed E-state index contributed by atoms with van der Waals surface area (Å²) in [6.45, 7) is 16.9. The molecular formula is C42H64N4. The molecule has 252 valence electrons. The zero-order chi connectivity index (χ0) is 32.6. The van der Waals surface area contributed by atoms with Crippen LogP contribution in [-0.4, -0.2) is 39.3 Å². The molecule has 1 aliphatic heterocycles. The van der Waals surface area contributed by atoms with Crippen molar-refractivity contribution in [1.82, 2.24) is 19.7 Å². The van der Waals surface area contributed by atoms with Crippen molar-refractivity contribution >= 4 is 5.57 Å². The smallest absolute Gasteiger partial charge is 0.154 e. The van der Waals surface area contributed by atoms with E-state index in [4.69, 9.17) is 10.1 Å². The number of aryl methyl sites for hydroxylation is 1. The highest BCUT2D eigenvalue weighted by Gasteiger charge is 2.17. The van der Waals surface area contributed by atoms with Crippen molar-refractivity contribution in [2.75, 3.05) is 19.6 Å². The fourth-order valence-electron chi connectivity index (χ4n) is 7.40. The predicted octanol–water partition coefficient (Wildman–Crippen LogP) is 11.5. The molecule has 1 saturated carbocycles. The van der Waals surface area contributed by atoms with E-state index in [1.165, 1.54) is 113 Å². The molecule has 0 N–H and O–H groups in total. The summed E-state index contributed by atoms with van der Waals surface area (Å²) in [5.74, 6) is 1.86. The van der Waals surface area contributed by atoms with Gasteiger partial charge in [-0.15, -0.1) is 6.58 Å². The fraction of sp³-hybridized carbons (Fsp3) is 0.619. The van der Waals surface area contributed by atoms with Crippen LogP contribution < -0.4 is 0 Å². The summed E-state index contributed by atoms with van der Waals surface area (Å²) in [6.07, 6.45) is 31.8. The minimum Gasteiger partial charge on any atom is -0.303 e. The third-order valence-corrected chi connectivity index (χ3v) is 10.2. The monoisotopic (exact) mass is 625 g/mol. The molecule has 0 unspecified atom stereocenters. The third-order valence-electron chi connectivity index (χ3n) is 10.2. The van der Waals surface area contributed by atoms with E-state index in [-0.39, 0.29) is 0 Å². The molecule has 4 nitrogen and oxygen atoms in total. The first-order valence-electron chi connectivity index (χ1n) is 18.9. The molecule has 3 heterocycles. The van der Waals surface area contributed by atoms with Crippen molar-refractivity contribution in [2.45, 2.75) is 143 Å². The molecule has 1 aliphatic carbocycles. The van der Waals surface area contributed by atoms with E-state index in [2.05, 4.69) is 75.6 Å². The van der Waals surface area contributed by atoms with E-state index >= 15 is 0 Å². The van der Waals surface area contributed by atoms with E-state index in [0.29, 0.717) is 0 Å². The Morgan fingerprint density at radius 2 is 1.78 bits per heavy atom. The third kappa shape index (κ3) is 11.8. The van der Waals surface area contributed by atoms with Crippen LogP contribution in [0.2, 0.25) is 0 Å². The van der Waals surface area contributed by atoms with Gasteiger partial charge in [0.05, 0.1) is 11.9 Å². The Kier molecular flexibility index (Phi) is 15.6. The number of rotatable bonds is 13. The van der Waals surface area contributed by atoms with Crippen LogP contribution >= 0.6 is 0 Å². The number of hydrogen-bond donors (Lipinski definition) is 0. The van der Waals surface area contributed by atoms with Crippen LogP contribution in [0.25, 0.3) is 11.4 Å². The predicted molar refractivity (Wildman–Crippen MR) is 199 cm³/mol. The number of allylic oxidation sites excluding steroid dienone is 7. The molecule has 46 heavy (non-hydrogen) atoms. The first-order chi connectivity index (χ1) is 22.4. The van der Waals surface area contributed by atoms with Crippen LogP contribution in [0.1, 0.15) is 147 Å². The Hall–Kier alpha value is -2.72. The van der Waals surface area contributed by atoms with Gasteiger partial charge >= 0.3 is 0 Å². The lowest BCUT2D eigenvalue weighted by molar-refractivity contribution is 0.213. The minimum absolute atomic E-state index is 0.924.